The van der Waals surface area contributed by atoms with Crippen LogP contribution in [0.2, 0.25) is 0 Å². The molecule has 0 saturated carbocycles. The van der Waals surface area contributed by atoms with Gasteiger partial charge in [0.1, 0.15) is 5.75 Å². The summed E-state index contributed by atoms with van der Waals surface area (Å²) in [7, 11) is 1.59. The molecule has 2 N–H and O–H groups in total. The first-order valence-corrected chi connectivity index (χ1v) is 8.03. The van der Waals surface area contributed by atoms with E-state index in [0.29, 0.717) is 18.1 Å². The van der Waals surface area contributed by atoms with Gasteiger partial charge in [-0.2, -0.15) is 5.10 Å². The lowest BCUT2D eigenvalue weighted by atomic mass is 10.1. The molecule has 0 heterocycles. The van der Waals surface area contributed by atoms with Crippen LogP contribution in [0.1, 0.15) is 24.5 Å². The third-order valence-electron chi connectivity index (χ3n) is 3.35. The summed E-state index contributed by atoms with van der Waals surface area (Å²) in [6.45, 7) is 2.63. The minimum Gasteiger partial charge on any atom is -0.508 e. The van der Waals surface area contributed by atoms with Crippen molar-refractivity contribution in [1.29, 1.82) is 0 Å². The van der Waals surface area contributed by atoms with Crippen LogP contribution in [-0.2, 0) is 11.2 Å². The molecule has 0 spiro atoms. The topological polar surface area (TPSA) is 80.2 Å². The van der Waals surface area contributed by atoms with Crippen molar-refractivity contribution in [2.75, 3.05) is 13.7 Å². The summed E-state index contributed by atoms with van der Waals surface area (Å²) in [4.78, 5) is 11.9. The largest absolute Gasteiger partial charge is 0.508 e. The standard InChI is InChI=1S/C19H22N2O4/c1-3-10-25-18-11-15(6-9-17(18)24-2)13-20-21-19(23)12-14-4-7-16(22)8-5-14/h4-9,11,13,22H,3,10,12H2,1-2H3,(H,21,23)/b20-13-. The Balaban J connectivity index is 1.94. The molecule has 0 aliphatic rings. The van der Waals surface area contributed by atoms with Gasteiger partial charge in [-0.1, -0.05) is 19.1 Å². The van der Waals surface area contributed by atoms with Gasteiger partial charge in [-0.3, -0.25) is 4.79 Å². The van der Waals surface area contributed by atoms with Crippen molar-refractivity contribution in [3.63, 3.8) is 0 Å². The van der Waals surface area contributed by atoms with Gasteiger partial charge < -0.3 is 14.6 Å². The summed E-state index contributed by atoms with van der Waals surface area (Å²) < 4.78 is 10.9. The number of amides is 1. The molecule has 0 atom stereocenters. The second-order valence-electron chi connectivity index (χ2n) is 5.40. The Hall–Kier alpha value is -3.02. The number of hydrogen-bond donors (Lipinski definition) is 2. The van der Waals surface area contributed by atoms with E-state index in [1.807, 2.05) is 19.1 Å². The highest BCUT2D eigenvalue weighted by Gasteiger charge is 2.05. The Morgan fingerprint density at radius 2 is 1.96 bits per heavy atom. The second kappa shape index (κ2) is 9.32. The Morgan fingerprint density at radius 1 is 1.20 bits per heavy atom. The van der Waals surface area contributed by atoms with E-state index < -0.39 is 0 Å². The van der Waals surface area contributed by atoms with E-state index in [1.54, 1.807) is 43.7 Å². The fourth-order valence-corrected chi connectivity index (χ4v) is 2.12. The van der Waals surface area contributed by atoms with Crippen LogP contribution < -0.4 is 14.9 Å². The highest BCUT2D eigenvalue weighted by atomic mass is 16.5. The van der Waals surface area contributed by atoms with Crippen molar-refractivity contribution in [1.82, 2.24) is 5.43 Å². The van der Waals surface area contributed by atoms with Crippen molar-refractivity contribution in [3.05, 3.63) is 53.6 Å². The molecule has 0 bridgehead atoms. The molecule has 6 heteroatoms. The van der Waals surface area contributed by atoms with E-state index in [9.17, 15) is 9.90 Å². The smallest absolute Gasteiger partial charge is 0.244 e. The summed E-state index contributed by atoms with van der Waals surface area (Å²) in [5.41, 5.74) is 4.07. The minimum absolute atomic E-state index is 0.169. The number of carbonyl (C=O) groups excluding carboxylic acids is 1. The van der Waals surface area contributed by atoms with Gasteiger partial charge in [-0.25, -0.2) is 5.43 Å². The maximum Gasteiger partial charge on any atom is 0.244 e. The Morgan fingerprint density at radius 3 is 2.64 bits per heavy atom. The van der Waals surface area contributed by atoms with Crippen LogP contribution >= 0.6 is 0 Å². The minimum atomic E-state index is -0.238. The third kappa shape index (κ3) is 5.84. The average Bonchev–Trinajstić information content (AvgIpc) is 2.62. The molecule has 0 radical (unpaired) electrons. The quantitative estimate of drug-likeness (QED) is 0.571. The van der Waals surface area contributed by atoms with Gasteiger partial charge in [0.05, 0.1) is 26.4 Å². The molecule has 0 fully saturated rings. The van der Waals surface area contributed by atoms with Crippen LogP contribution in [0.3, 0.4) is 0 Å². The molecule has 0 aliphatic carbocycles. The molecule has 6 nitrogen and oxygen atoms in total. The summed E-state index contributed by atoms with van der Waals surface area (Å²) in [6.07, 6.45) is 2.63. The van der Waals surface area contributed by atoms with Gasteiger partial charge in [0.15, 0.2) is 11.5 Å². The number of hydrogen-bond acceptors (Lipinski definition) is 5. The van der Waals surface area contributed by atoms with Crippen LogP contribution in [0.5, 0.6) is 17.2 Å². The lowest BCUT2D eigenvalue weighted by Gasteiger charge is -2.10. The maximum atomic E-state index is 11.9. The van der Waals surface area contributed by atoms with E-state index in [4.69, 9.17) is 9.47 Å². The van der Waals surface area contributed by atoms with Crippen molar-refractivity contribution in [3.8, 4) is 17.2 Å². The van der Waals surface area contributed by atoms with Crippen LogP contribution in [0.15, 0.2) is 47.6 Å². The first-order chi connectivity index (χ1) is 12.1. The van der Waals surface area contributed by atoms with Crippen molar-refractivity contribution < 1.29 is 19.4 Å². The SMILES string of the molecule is CCCOc1cc(/C=N\NC(=O)Cc2ccc(O)cc2)ccc1OC. The molecular formula is C19H22N2O4. The molecule has 0 aliphatic heterocycles. The molecule has 1 amide bonds. The zero-order chi connectivity index (χ0) is 18.1. The third-order valence-corrected chi connectivity index (χ3v) is 3.35. The summed E-state index contributed by atoms with van der Waals surface area (Å²) in [6, 6.07) is 11.9. The van der Waals surface area contributed by atoms with E-state index in [2.05, 4.69) is 10.5 Å². The summed E-state index contributed by atoms with van der Waals surface area (Å²) >= 11 is 0. The van der Waals surface area contributed by atoms with Crippen molar-refractivity contribution >= 4 is 12.1 Å². The first kappa shape index (κ1) is 18.3. The zero-order valence-corrected chi connectivity index (χ0v) is 14.4. The number of phenolic OH excluding ortho intramolecular Hbond substituents is 1. The fraction of sp³-hybridized carbons (Fsp3) is 0.263. The van der Waals surface area contributed by atoms with Gasteiger partial charge in [0.2, 0.25) is 5.91 Å². The number of rotatable bonds is 8. The van der Waals surface area contributed by atoms with Crippen molar-refractivity contribution in [2.24, 2.45) is 5.10 Å². The van der Waals surface area contributed by atoms with Crippen LogP contribution in [0.4, 0.5) is 0 Å². The normalized spacial score (nSPS) is 10.6. The predicted molar refractivity (Wildman–Crippen MR) is 96.3 cm³/mol. The average molecular weight is 342 g/mol. The molecule has 25 heavy (non-hydrogen) atoms. The molecule has 2 aromatic rings. The Bertz CT molecular complexity index is 727. The fourth-order valence-electron chi connectivity index (χ4n) is 2.12. The highest BCUT2D eigenvalue weighted by Crippen LogP contribution is 2.27. The Labute approximate surface area is 147 Å². The Kier molecular flexibility index (Phi) is 6.83. The van der Waals surface area contributed by atoms with Gasteiger partial charge in [0.25, 0.3) is 0 Å². The number of nitrogens with zero attached hydrogens (tertiary/aromatic N) is 1. The van der Waals surface area contributed by atoms with E-state index in [1.165, 1.54) is 0 Å². The number of phenols is 1. The maximum absolute atomic E-state index is 11.9. The van der Waals surface area contributed by atoms with Crippen molar-refractivity contribution in [2.45, 2.75) is 19.8 Å². The van der Waals surface area contributed by atoms with Gasteiger partial charge >= 0.3 is 0 Å². The van der Waals surface area contributed by atoms with Gasteiger partial charge in [-0.15, -0.1) is 0 Å². The molecule has 0 aromatic heterocycles. The summed E-state index contributed by atoms with van der Waals surface area (Å²) in [5, 5.41) is 13.2. The van der Waals surface area contributed by atoms with Gasteiger partial charge in [-0.05, 0) is 47.9 Å². The number of carbonyl (C=O) groups is 1. The number of aromatic hydroxyl groups is 1. The molecule has 0 saturated heterocycles. The van der Waals surface area contributed by atoms with Crippen LogP contribution in [-0.4, -0.2) is 30.9 Å². The highest BCUT2D eigenvalue weighted by molar-refractivity contribution is 5.84. The van der Waals surface area contributed by atoms with Gasteiger partial charge in [0, 0.05) is 0 Å². The lowest BCUT2D eigenvalue weighted by molar-refractivity contribution is -0.120. The lowest BCUT2D eigenvalue weighted by Crippen LogP contribution is -2.19. The summed E-state index contributed by atoms with van der Waals surface area (Å²) in [5.74, 6) is 1.23. The number of methoxy groups -OCH3 is 1. The second-order valence-corrected chi connectivity index (χ2v) is 5.40. The number of ether oxygens (including phenoxy) is 2. The molecule has 2 rings (SSSR count). The number of hydrazone groups is 1. The van der Waals surface area contributed by atoms with E-state index in [-0.39, 0.29) is 18.1 Å². The molecule has 132 valence electrons. The van der Waals surface area contributed by atoms with E-state index in [0.717, 1.165) is 17.5 Å². The van der Waals surface area contributed by atoms with E-state index >= 15 is 0 Å². The number of benzene rings is 2. The molecular weight excluding hydrogens is 320 g/mol. The first-order valence-electron chi connectivity index (χ1n) is 8.03. The molecule has 0 unspecified atom stereocenters. The zero-order valence-electron chi connectivity index (χ0n) is 14.4. The van der Waals surface area contributed by atoms with Crippen LogP contribution in [0, 0.1) is 0 Å². The number of nitrogens with one attached hydrogen (secondary N) is 1. The molecule has 2 aromatic carbocycles. The van der Waals surface area contributed by atoms with Crippen LogP contribution in [0.25, 0.3) is 0 Å². The monoisotopic (exact) mass is 342 g/mol. The predicted octanol–water partition coefficient (Wildman–Crippen LogP) is 2.88.